The molecule has 0 saturated heterocycles. The van der Waals surface area contributed by atoms with Gasteiger partial charge in [-0.1, -0.05) is 18.2 Å². The van der Waals surface area contributed by atoms with Crippen LogP contribution in [0, 0.1) is 0 Å². The Bertz CT molecular complexity index is 1090. The summed E-state index contributed by atoms with van der Waals surface area (Å²) in [6.45, 7) is 0. The number of rotatable bonds is 4. The molecule has 4 aromatic rings. The van der Waals surface area contributed by atoms with E-state index in [0.29, 0.717) is 22.5 Å². The van der Waals surface area contributed by atoms with Crippen LogP contribution in [0.3, 0.4) is 0 Å². The van der Waals surface area contributed by atoms with E-state index in [0.717, 1.165) is 10.9 Å². The number of anilines is 1. The molecule has 0 amide bonds. The van der Waals surface area contributed by atoms with Crippen molar-refractivity contribution in [1.29, 1.82) is 0 Å². The van der Waals surface area contributed by atoms with Crippen molar-refractivity contribution >= 4 is 34.2 Å². The van der Waals surface area contributed by atoms with Crippen LogP contribution < -0.4 is 10.2 Å². The fourth-order valence-electron chi connectivity index (χ4n) is 2.49. The first kappa shape index (κ1) is 14.9. The van der Waals surface area contributed by atoms with Crippen LogP contribution in [0.5, 0.6) is 11.5 Å². The van der Waals surface area contributed by atoms with Crippen LogP contribution >= 0.6 is 0 Å². The van der Waals surface area contributed by atoms with Crippen LogP contribution in [0.2, 0.25) is 0 Å². The predicted molar refractivity (Wildman–Crippen MR) is 95.1 cm³/mol. The van der Waals surface area contributed by atoms with E-state index >= 15 is 0 Å². The number of aromatic amines is 1. The van der Waals surface area contributed by atoms with Crippen molar-refractivity contribution < 1.29 is 9.84 Å². The second kappa shape index (κ2) is 6.08. The molecule has 0 atom stereocenters. The zero-order valence-electron chi connectivity index (χ0n) is 13.3. The molecule has 0 unspecified atom stereocenters. The van der Waals surface area contributed by atoms with Crippen LogP contribution in [0.25, 0.3) is 22.1 Å². The minimum atomic E-state index is 0.0648. The number of H-pyrrole nitrogens is 1. The van der Waals surface area contributed by atoms with Gasteiger partial charge in [0.25, 0.3) is 5.95 Å². The van der Waals surface area contributed by atoms with Crippen molar-refractivity contribution in [2.75, 3.05) is 12.5 Å². The zero-order chi connectivity index (χ0) is 17.2. The van der Waals surface area contributed by atoms with Gasteiger partial charge in [-0.05, 0) is 18.2 Å². The maximum atomic E-state index is 9.89. The lowest BCUT2D eigenvalue weighted by molar-refractivity contribution is 0.407. The summed E-state index contributed by atoms with van der Waals surface area (Å²) >= 11 is 0. The van der Waals surface area contributed by atoms with Gasteiger partial charge in [-0.3, -0.25) is 0 Å². The maximum absolute atomic E-state index is 9.89. The van der Waals surface area contributed by atoms with Gasteiger partial charge in [0.15, 0.2) is 5.65 Å². The van der Waals surface area contributed by atoms with E-state index in [1.165, 1.54) is 19.4 Å². The molecular formula is C17H14N6O2. The van der Waals surface area contributed by atoms with Gasteiger partial charge in [0.2, 0.25) is 0 Å². The van der Waals surface area contributed by atoms with Crippen LogP contribution in [0.1, 0.15) is 5.56 Å². The molecule has 25 heavy (non-hydrogen) atoms. The van der Waals surface area contributed by atoms with Gasteiger partial charge >= 0.3 is 0 Å². The van der Waals surface area contributed by atoms with E-state index in [9.17, 15) is 5.11 Å². The van der Waals surface area contributed by atoms with Gasteiger partial charge in [-0.25, -0.2) is 5.43 Å². The average molecular weight is 334 g/mol. The van der Waals surface area contributed by atoms with Gasteiger partial charge in [-0.2, -0.15) is 10.1 Å². The highest BCUT2D eigenvalue weighted by Gasteiger charge is 2.08. The Labute approximate surface area is 142 Å². The van der Waals surface area contributed by atoms with E-state index in [2.05, 4.69) is 30.7 Å². The monoisotopic (exact) mass is 334 g/mol. The molecule has 8 heteroatoms. The van der Waals surface area contributed by atoms with E-state index in [-0.39, 0.29) is 11.7 Å². The largest absolute Gasteiger partial charge is 0.507 e. The Morgan fingerprint density at radius 3 is 2.92 bits per heavy atom. The van der Waals surface area contributed by atoms with Crippen molar-refractivity contribution in [2.24, 2.45) is 5.10 Å². The first-order valence-corrected chi connectivity index (χ1v) is 7.52. The third-order valence-electron chi connectivity index (χ3n) is 3.73. The Balaban J connectivity index is 1.57. The van der Waals surface area contributed by atoms with E-state index in [1.807, 2.05) is 24.3 Å². The number of hydrogen-bond acceptors (Lipinski definition) is 7. The molecule has 8 nitrogen and oxygen atoms in total. The lowest BCUT2D eigenvalue weighted by Crippen LogP contribution is -1.99. The summed E-state index contributed by atoms with van der Waals surface area (Å²) in [5.41, 5.74) is 5.52. The Hall–Kier alpha value is -3.68. The number of aromatic nitrogens is 4. The summed E-state index contributed by atoms with van der Waals surface area (Å²) in [7, 11) is 1.54. The molecule has 124 valence electrons. The van der Waals surface area contributed by atoms with Gasteiger partial charge in [-0.15, -0.1) is 10.2 Å². The van der Waals surface area contributed by atoms with Crippen molar-refractivity contribution in [1.82, 2.24) is 20.2 Å². The minimum absolute atomic E-state index is 0.0648. The number of benzene rings is 2. The fourth-order valence-corrected chi connectivity index (χ4v) is 2.49. The SMILES string of the molecule is COc1ccc(/C=N/Nc2nnc3c(n2)[nH]c2ccccc23)c(O)c1. The summed E-state index contributed by atoms with van der Waals surface area (Å²) in [6.07, 6.45) is 1.47. The molecule has 0 aliphatic carbocycles. The number of phenolic OH excluding ortho intramolecular Hbond substituents is 1. The van der Waals surface area contributed by atoms with Crippen molar-refractivity contribution in [3.63, 3.8) is 0 Å². The van der Waals surface area contributed by atoms with Gasteiger partial charge < -0.3 is 14.8 Å². The molecule has 0 aliphatic heterocycles. The molecule has 0 bridgehead atoms. The number of ether oxygens (including phenoxy) is 1. The smallest absolute Gasteiger partial charge is 0.265 e. The third kappa shape index (κ3) is 2.80. The van der Waals surface area contributed by atoms with Crippen molar-refractivity contribution in [3.8, 4) is 11.5 Å². The highest BCUT2D eigenvalue weighted by Crippen LogP contribution is 2.23. The van der Waals surface area contributed by atoms with Gasteiger partial charge in [0.05, 0.1) is 13.3 Å². The summed E-state index contributed by atoms with van der Waals surface area (Å²) in [4.78, 5) is 7.55. The first-order valence-electron chi connectivity index (χ1n) is 7.52. The molecule has 2 heterocycles. The number of phenols is 1. The number of nitrogens with one attached hydrogen (secondary N) is 2. The summed E-state index contributed by atoms with van der Waals surface area (Å²) in [6, 6.07) is 12.7. The highest BCUT2D eigenvalue weighted by atomic mass is 16.5. The normalized spacial score (nSPS) is 11.4. The summed E-state index contributed by atoms with van der Waals surface area (Å²) in [5.74, 6) is 0.887. The quantitative estimate of drug-likeness (QED) is 0.391. The Morgan fingerprint density at radius 2 is 2.08 bits per heavy atom. The van der Waals surface area contributed by atoms with Crippen LogP contribution in [-0.2, 0) is 0 Å². The maximum Gasteiger partial charge on any atom is 0.265 e. The average Bonchev–Trinajstić information content (AvgIpc) is 3.00. The third-order valence-corrected chi connectivity index (χ3v) is 3.73. The zero-order valence-corrected chi connectivity index (χ0v) is 13.3. The molecule has 0 saturated carbocycles. The molecule has 4 rings (SSSR count). The number of nitrogens with zero attached hydrogens (tertiary/aromatic N) is 4. The van der Waals surface area contributed by atoms with Crippen LogP contribution in [0.4, 0.5) is 5.95 Å². The standard InChI is InChI=1S/C17H14N6O2/c1-25-11-7-6-10(14(24)8-11)9-18-22-17-20-16-15(21-23-17)12-4-2-3-5-13(12)19-16/h2-9,24H,1H3,(H2,19,20,22,23)/b18-9+. The van der Waals surface area contributed by atoms with Gasteiger partial charge in [0, 0.05) is 22.5 Å². The summed E-state index contributed by atoms with van der Waals surface area (Å²) in [5, 5.41) is 23.1. The molecule has 0 aliphatic rings. The Kier molecular flexibility index (Phi) is 3.62. The molecule has 2 aromatic heterocycles. The van der Waals surface area contributed by atoms with Crippen LogP contribution in [-0.4, -0.2) is 38.6 Å². The topological polar surface area (TPSA) is 108 Å². The first-order chi connectivity index (χ1) is 12.2. The molecular weight excluding hydrogens is 320 g/mol. The Morgan fingerprint density at radius 1 is 1.20 bits per heavy atom. The van der Waals surface area contributed by atoms with Crippen molar-refractivity contribution in [3.05, 3.63) is 48.0 Å². The number of methoxy groups -OCH3 is 1. The van der Waals surface area contributed by atoms with Crippen LogP contribution in [0.15, 0.2) is 47.6 Å². The summed E-state index contributed by atoms with van der Waals surface area (Å²) < 4.78 is 5.04. The predicted octanol–water partition coefficient (Wildman–Crippen LogP) is 2.67. The molecule has 0 radical (unpaired) electrons. The fraction of sp³-hybridized carbons (Fsp3) is 0.0588. The number of fused-ring (bicyclic) bond motifs is 3. The molecule has 2 aromatic carbocycles. The number of aromatic hydroxyl groups is 1. The van der Waals surface area contributed by atoms with E-state index in [1.54, 1.807) is 12.1 Å². The van der Waals surface area contributed by atoms with E-state index < -0.39 is 0 Å². The molecule has 3 N–H and O–H groups in total. The van der Waals surface area contributed by atoms with E-state index in [4.69, 9.17) is 4.74 Å². The number of para-hydroxylation sites is 1. The molecule has 0 fully saturated rings. The minimum Gasteiger partial charge on any atom is -0.507 e. The van der Waals surface area contributed by atoms with Crippen molar-refractivity contribution in [2.45, 2.75) is 0 Å². The second-order valence-corrected chi connectivity index (χ2v) is 5.30. The number of hydrazone groups is 1. The lowest BCUT2D eigenvalue weighted by atomic mass is 10.2. The lowest BCUT2D eigenvalue weighted by Gasteiger charge is -2.02. The highest BCUT2D eigenvalue weighted by molar-refractivity contribution is 6.03. The number of hydrogen-bond donors (Lipinski definition) is 3. The second-order valence-electron chi connectivity index (χ2n) is 5.30. The molecule has 0 spiro atoms. The van der Waals surface area contributed by atoms with Gasteiger partial charge in [0.1, 0.15) is 17.0 Å².